The van der Waals surface area contributed by atoms with Crippen molar-refractivity contribution in [1.29, 1.82) is 0 Å². The molecule has 0 aliphatic carbocycles. The van der Waals surface area contributed by atoms with E-state index in [1.165, 1.54) is 5.69 Å². The molecule has 5 heteroatoms. The average Bonchev–Trinajstić information content (AvgIpc) is 3.01. The van der Waals surface area contributed by atoms with Gasteiger partial charge < -0.3 is 9.09 Å². The highest BCUT2D eigenvalue weighted by molar-refractivity contribution is 5.13. The highest BCUT2D eigenvalue weighted by Crippen LogP contribution is 2.26. The van der Waals surface area contributed by atoms with Crippen molar-refractivity contribution in [2.24, 2.45) is 0 Å². The number of nitrogens with zero attached hydrogens (tertiary/aromatic N) is 4. The van der Waals surface area contributed by atoms with Crippen LogP contribution < -0.4 is 0 Å². The molecule has 0 spiro atoms. The first kappa shape index (κ1) is 12.4. The van der Waals surface area contributed by atoms with E-state index in [0.717, 1.165) is 31.3 Å². The Labute approximate surface area is 113 Å². The van der Waals surface area contributed by atoms with Gasteiger partial charge in [-0.3, -0.25) is 4.90 Å². The second-order valence-corrected chi connectivity index (χ2v) is 5.47. The molecule has 0 saturated heterocycles. The Morgan fingerprint density at radius 1 is 1.42 bits per heavy atom. The Morgan fingerprint density at radius 3 is 3.00 bits per heavy atom. The predicted octanol–water partition coefficient (Wildman–Crippen LogP) is 2.57. The van der Waals surface area contributed by atoms with Gasteiger partial charge in [0.15, 0.2) is 5.82 Å². The van der Waals surface area contributed by atoms with Gasteiger partial charge >= 0.3 is 0 Å². The minimum atomic E-state index is 0.313. The second-order valence-electron chi connectivity index (χ2n) is 5.47. The third-order valence-corrected chi connectivity index (χ3v) is 3.81. The normalized spacial score (nSPS) is 19.9. The molecule has 19 heavy (non-hydrogen) atoms. The fraction of sp³-hybridized carbons (Fsp3) is 0.571. The van der Waals surface area contributed by atoms with Crippen LogP contribution in [-0.2, 0) is 13.1 Å². The molecule has 3 heterocycles. The van der Waals surface area contributed by atoms with Gasteiger partial charge in [0, 0.05) is 36.9 Å². The van der Waals surface area contributed by atoms with Crippen molar-refractivity contribution in [3.63, 3.8) is 0 Å². The van der Waals surface area contributed by atoms with Crippen molar-refractivity contribution >= 4 is 0 Å². The third kappa shape index (κ3) is 2.30. The zero-order valence-corrected chi connectivity index (χ0v) is 11.7. The summed E-state index contributed by atoms with van der Waals surface area (Å²) in [6.07, 6.45) is 2.15. The average molecular weight is 260 g/mol. The molecule has 1 aliphatic rings. The molecule has 1 aliphatic heterocycles. The SMILES string of the molecule is CC(C)c1noc(CN2CCn3cccc3C2C)n1. The van der Waals surface area contributed by atoms with E-state index < -0.39 is 0 Å². The molecule has 0 saturated carbocycles. The van der Waals surface area contributed by atoms with Gasteiger partial charge in [0.05, 0.1) is 6.54 Å². The summed E-state index contributed by atoms with van der Waals surface area (Å²) in [6, 6.07) is 4.68. The van der Waals surface area contributed by atoms with Crippen molar-refractivity contribution in [3.05, 3.63) is 35.7 Å². The van der Waals surface area contributed by atoms with E-state index in [-0.39, 0.29) is 0 Å². The van der Waals surface area contributed by atoms with Crippen LogP contribution in [0.1, 0.15) is 50.1 Å². The topological polar surface area (TPSA) is 47.1 Å². The van der Waals surface area contributed by atoms with Gasteiger partial charge in [-0.15, -0.1) is 0 Å². The van der Waals surface area contributed by atoms with Crippen LogP contribution in [0.4, 0.5) is 0 Å². The zero-order chi connectivity index (χ0) is 13.4. The number of fused-ring (bicyclic) bond motifs is 1. The maximum Gasteiger partial charge on any atom is 0.240 e. The molecule has 3 rings (SSSR count). The number of rotatable bonds is 3. The lowest BCUT2D eigenvalue weighted by molar-refractivity contribution is 0.141. The van der Waals surface area contributed by atoms with E-state index in [2.05, 4.69) is 58.7 Å². The predicted molar refractivity (Wildman–Crippen MR) is 71.6 cm³/mol. The van der Waals surface area contributed by atoms with Gasteiger partial charge in [-0.1, -0.05) is 19.0 Å². The molecule has 1 atom stereocenters. The van der Waals surface area contributed by atoms with Crippen LogP contribution in [0.5, 0.6) is 0 Å². The summed E-state index contributed by atoms with van der Waals surface area (Å²) in [5.41, 5.74) is 1.36. The minimum absolute atomic E-state index is 0.313. The van der Waals surface area contributed by atoms with Crippen LogP contribution in [0.3, 0.4) is 0 Å². The van der Waals surface area contributed by atoms with E-state index in [9.17, 15) is 0 Å². The van der Waals surface area contributed by atoms with Crippen molar-refractivity contribution < 1.29 is 4.52 Å². The van der Waals surface area contributed by atoms with E-state index in [1.807, 2.05) is 0 Å². The van der Waals surface area contributed by atoms with Crippen molar-refractivity contribution in [2.75, 3.05) is 6.54 Å². The van der Waals surface area contributed by atoms with E-state index >= 15 is 0 Å². The van der Waals surface area contributed by atoms with Crippen LogP contribution in [0.25, 0.3) is 0 Å². The van der Waals surface area contributed by atoms with E-state index in [1.54, 1.807) is 0 Å². The van der Waals surface area contributed by atoms with Crippen molar-refractivity contribution in [1.82, 2.24) is 19.6 Å². The summed E-state index contributed by atoms with van der Waals surface area (Å²) < 4.78 is 7.65. The highest BCUT2D eigenvalue weighted by atomic mass is 16.5. The third-order valence-electron chi connectivity index (χ3n) is 3.81. The Hall–Kier alpha value is -1.62. The lowest BCUT2D eigenvalue weighted by Crippen LogP contribution is -2.35. The summed E-state index contributed by atoms with van der Waals surface area (Å²) in [7, 11) is 0. The first-order chi connectivity index (χ1) is 9.15. The minimum Gasteiger partial charge on any atom is -0.349 e. The fourth-order valence-corrected chi connectivity index (χ4v) is 2.58. The summed E-state index contributed by atoms with van der Waals surface area (Å²) in [5, 5.41) is 4.02. The van der Waals surface area contributed by atoms with Gasteiger partial charge in [0.25, 0.3) is 0 Å². The summed E-state index contributed by atoms with van der Waals surface area (Å²) in [5.74, 6) is 1.83. The molecule has 2 aromatic heterocycles. The van der Waals surface area contributed by atoms with Gasteiger partial charge in [-0.05, 0) is 19.1 Å². The van der Waals surface area contributed by atoms with Crippen molar-refractivity contribution in [2.45, 2.75) is 45.8 Å². The molecular formula is C14H20N4O. The maximum absolute atomic E-state index is 5.34. The molecule has 0 radical (unpaired) electrons. The van der Waals surface area contributed by atoms with Crippen LogP contribution in [0, 0.1) is 0 Å². The molecule has 1 unspecified atom stereocenters. The van der Waals surface area contributed by atoms with E-state index in [0.29, 0.717) is 12.0 Å². The molecule has 2 aromatic rings. The first-order valence-corrected chi connectivity index (χ1v) is 6.86. The molecule has 0 fully saturated rings. The standard InChI is InChI=1S/C14H20N4O/c1-10(2)14-15-13(19-16-14)9-18-8-7-17-6-4-5-12(17)11(18)3/h4-6,10-11H,7-9H2,1-3H3. The Kier molecular flexibility index (Phi) is 3.14. The van der Waals surface area contributed by atoms with Crippen LogP contribution in [0.15, 0.2) is 22.9 Å². The lowest BCUT2D eigenvalue weighted by atomic mass is 10.1. The second kappa shape index (κ2) is 4.81. The quantitative estimate of drug-likeness (QED) is 0.851. The highest BCUT2D eigenvalue weighted by Gasteiger charge is 2.25. The van der Waals surface area contributed by atoms with Crippen LogP contribution >= 0.6 is 0 Å². The molecule has 5 nitrogen and oxygen atoms in total. The van der Waals surface area contributed by atoms with Gasteiger partial charge in [0.2, 0.25) is 5.89 Å². The fourth-order valence-electron chi connectivity index (χ4n) is 2.58. The monoisotopic (exact) mass is 260 g/mol. The number of hydrogen-bond acceptors (Lipinski definition) is 4. The summed E-state index contributed by atoms with van der Waals surface area (Å²) in [4.78, 5) is 6.84. The van der Waals surface area contributed by atoms with Crippen LogP contribution in [-0.4, -0.2) is 26.2 Å². The molecular weight excluding hydrogens is 240 g/mol. The molecule has 0 N–H and O–H groups in total. The number of aromatic nitrogens is 3. The molecule has 102 valence electrons. The largest absolute Gasteiger partial charge is 0.349 e. The lowest BCUT2D eigenvalue weighted by Gasteiger charge is -2.33. The summed E-state index contributed by atoms with van der Waals surface area (Å²) in [6.45, 7) is 9.15. The Bertz CT molecular complexity index is 557. The zero-order valence-electron chi connectivity index (χ0n) is 11.7. The van der Waals surface area contributed by atoms with E-state index in [4.69, 9.17) is 4.52 Å². The first-order valence-electron chi connectivity index (χ1n) is 6.86. The molecule has 0 bridgehead atoms. The van der Waals surface area contributed by atoms with Crippen LogP contribution in [0.2, 0.25) is 0 Å². The maximum atomic E-state index is 5.34. The van der Waals surface area contributed by atoms with Gasteiger partial charge in [-0.25, -0.2) is 0 Å². The van der Waals surface area contributed by atoms with Crippen molar-refractivity contribution in [3.8, 4) is 0 Å². The smallest absolute Gasteiger partial charge is 0.240 e. The molecule has 0 amide bonds. The Morgan fingerprint density at radius 2 is 2.26 bits per heavy atom. The Balaban J connectivity index is 1.73. The van der Waals surface area contributed by atoms with Gasteiger partial charge in [0.1, 0.15) is 0 Å². The number of hydrogen-bond donors (Lipinski definition) is 0. The molecule has 0 aromatic carbocycles. The summed E-state index contributed by atoms with van der Waals surface area (Å²) >= 11 is 0. The van der Waals surface area contributed by atoms with Gasteiger partial charge in [-0.2, -0.15) is 4.98 Å².